The van der Waals surface area contributed by atoms with Crippen molar-refractivity contribution >= 4 is 23.1 Å². The predicted molar refractivity (Wildman–Crippen MR) is 70.6 cm³/mol. The van der Waals surface area contributed by atoms with Gasteiger partial charge in [0.05, 0.1) is 0 Å². The first-order valence-corrected chi connectivity index (χ1v) is 5.86. The number of carbonyl (C=O) groups is 2. The van der Waals surface area contributed by atoms with Crippen molar-refractivity contribution in [1.29, 1.82) is 0 Å². The third-order valence-corrected chi connectivity index (χ3v) is 3.04. The van der Waals surface area contributed by atoms with Gasteiger partial charge in [0.15, 0.2) is 6.29 Å². The molecule has 0 bridgehead atoms. The van der Waals surface area contributed by atoms with E-state index in [0.29, 0.717) is 18.5 Å². The summed E-state index contributed by atoms with van der Waals surface area (Å²) in [4.78, 5) is 24.1. The van der Waals surface area contributed by atoms with E-state index in [1.165, 1.54) is 0 Å². The fraction of sp³-hybridized carbons (Fsp3) is 0.286. The molecular formula is C14H16N2O2. The van der Waals surface area contributed by atoms with Crippen LogP contribution in [0.15, 0.2) is 30.5 Å². The molecule has 0 saturated carbocycles. The molecular weight excluding hydrogens is 228 g/mol. The fourth-order valence-corrected chi connectivity index (χ4v) is 1.98. The van der Waals surface area contributed by atoms with E-state index in [0.717, 1.165) is 17.2 Å². The quantitative estimate of drug-likeness (QED) is 0.771. The van der Waals surface area contributed by atoms with Crippen molar-refractivity contribution < 1.29 is 9.59 Å². The van der Waals surface area contributed by atoms with Gasteiger partial charge in [0.1, 0.15) is 0 Å². The first kappa shape index (κ1) is 12.4. The van der Waals surface area contributed by atoms with Gasteiger partial charge in [-0.3, -0.25) is 9.59 Å². The highest BCUT2D eigenvalue weighted by Crippen LogP contribution is 2.19. The second kappa shape index (κ2) is 5.04. The maximum absolute atomic E-state index is 11.6. The van der Waals surface area contributed by atoms with Gasteiger partial charge in [-0.05, 0) is 12.1 Å². The highest BCUT2D eigenvalue weighted by molar-refractivity contribution is 5.97. The average molecular weight is 244 g/mol. The molecule has 1 amide bonds. The molecule has 2 aromatic rings. The highest BCUT2D eigenvalue weighted by Gasteiger charge is 2.07. The monoisotopic (exact) mass is 244 g/mol. The Hall–Kier alpha value is -2.10. The molecule has 94 valence electrons. The lowest BCUT2D eigenvalue weighted by Gasteiger charge is -2.11. The predicted octanol–water partition coefficient (Wildman–Crippen LogP) is 1.93. The van der Waals surface area contributed by atoms with Crippen LogP contribution in [0.1, 0.15) is 16.8 Å². The third kappa shape index (κ3) is 2.27. The van der Waals surface area contributed by atoms with Crippen LogP contribution in [-0.4, -0.2) is 35.8 Å². The highest BCUT2D eigenvalue weighted by atomic mass is 16.2. The number of aryl methyl sites for hydroxylation is 1. The van der Waals surface area contributed by atoms with Crippen molar-refractivity contribution in [2.45, 2.75) is 13.0 Å². The number of amides is 1. The molecule has 4 heteroatoms. The van der Waals surface area contributed by atoms with E-state index in [1.54, 1.807) is 25.1 Å². The van der Waals surface area contributed by atoms with E-state index in [4.69, 9.17) is 0 Å². The minimum atomic E-state index is 0.100. The van der Waals surface area contributed by atoms with Crippen molar-refractivity contribution in [3.05, 3.63) is 36.0 Å². The Morgan fingerprint density at radius 1 is 1.33 bits per heavy atom. The smallest absolute Gasteiger partial charge is 0.223 e. The molecule has 0 saturated heterocycles. The minimum absolute atomic E-state index is 0.100. The molecule has 0 N–H and O–H groups in total. The number of hydrogen-bond acceptors (Lipinski definition) is 2. The summed E-state index contributed by atoms with van der Waals surface area (Å²) in [5.41, 5.74) is 1.68. The summed E-state index contributed by atoms with van der Waals surface area (Å²) in [7, 11) is 3.50. The molecule has 0 unspecified atom stereocenters. The zero-order valence-corrected chi connectivity index (χ0v) is 10.6. The molecule has 18 heavy (non-hydrogen) atoms. The Kier molecular flexibility index (Phi) is 3.46. The Morgan fingerprint density at radius 2 is 2.11 bits per heavy atom. The number of hydrogen-bond donors (Lipinski definition) is 0. The molecule has 0 aliphatic rings. The van der Waals surface area contributed by atoms with Crippen molar-refractivity contribution in [2.24, 2.45) is 0 Å². The van der Waals surface area contributed by atoms with E-state index >= 15 is 0 Å². The zero-order chi connectivity index (χ0) is 13.1. The van der Waals surface area contributed by atoms with Crippen LogP contribution in [0.25, 0.3) is 10.9 Å². The SMILES string of the molecule is CN(C)C(=O)CCn1ccc2c(C=O)cccc21. The summed E-state index contributed by atoms with van der Waals surface area (Å²) < 4.78 is 2.00. The van der Waals surface area contributed by atoms with Gasteiger partial charge < -0.3 is 9.47 Å². The summed E-state index contributed by atoms with van der Waals surface area (Å²) in [6.45, 7) is 0.628. The Balaban J connectivity index is 2.25. The molecule has 1 aromatic carbocycles. The van der Waals surface area contributed by atoms with Crippen molar-refractivity contribution in [3.63, 3.8) is 0 Å². The van der Waals surface area contributed by atoms with Gasteiger partial charge in [0, 0.05) is 49.7 Å². The molecule has 0 aliphatic carbocycles. The van der Waals surface area contributed by atoms with Gasteiger partial charge in [-0.1, -0.05) is 12.1 Å². The molecule has 4 nitrogen and oxygen atoms in total. The molecule has 0 atom stereocenters. The number of aldehydes is 1. The average Bonchev–Trinajstić information content (AvgIpc) is 2.78. The molecule has 0 radical (unpaired) electrons. The largest absolute Gasteiger partial charge is 0.349 e. The first-order chi connectivity index (χ1) is 8.63. The van der Waals surface area contributed by atoms with Gasteiger partial charge in [0.2, 0.25) is 5.91 Å². The third-order valence-electron chi connectivity index (χ3n) is 3.04. The molecule has 0 aliphatic heterocycles. The number of carbonyl (C=O) groups excluding carboxylic acids is 2. The number of nitrogens with zero attached hydrogens (tertiary/aromatic N) is 2. The van der Waals surface area contributed by atoms with Crippen LogP contribution in [0, 0.1) is 0 Å². The minimum Gasteiger partial charge on any atom is -0.349 e. The van der Waals surface area contributed by atoms with Crippen LogP contribution in [0.4, 0.5) is 0 Å². The standard InChI is InChI=1S/C14H16N2O2/c1-15(2)14(18)7-9-16-8-6-12-11(10-17)4-3-5-13(12)16/h3-6,8,10H,7,9H2,1-2H3. The lowest BCUT2D eigenvalue weighted by molar-refractivity contribution is -0.128. The lowest BCUT2D eigenvalue weighted by Crippen LogP contribution is -2.22. The van der Waals surface area contributed by atoms with Crippen LogP contribution >= 0.6 is 0 Å². The summed E-state index contributed by atoms with van der Waals surface area (Å²) in [6.07, 6.45) is 3.24. The number of benzene rings is 1. The summed E-state index contributed by atoms with van der Waals surface area (Å²) in [5, 5.41) is 0.935. The first-order valence-electron chi connectivity index (χ1n) is 5.86. The molecule has 0 spiro atoms. The lowest BCUT2D eigenvalue weighted by atomic mass is 10.1. The van der Waals surface area contributed by atoms with Crippen LogP contribution in [-0.2, 0) is 11.3 Å². The Bertz CT molecular complexity index is 584. The van der Waals surface area contributed by atoms with Gasteiger partial charge in [-0.2, -0.15) is 0 Å². The Morgan fingerprint density at radius 3 is 2.78 bits per heavy atom. The van der Waals surface area contributed by atoms with E-state index in [2.05, 4.69) is 0 Å². The second-order valence-corrected chi connectivity index (χ2v) is 4.45. The number of aromatic nitrogens is 1. The second-order valence-electron chi connectivity index (χ2n) is 4.45. The maximum atomic E-state index is 11.6. The van der Waals surface area contributed by atoms with Gasteiger partial charge in [-0.25, -0.2) is 0 Å². The summed E-state index contributed by atoms with van der Waals surface area (Å²) in [6, 6.07) is 7.53. The molecule has 1 heterocycles. The van der Waals surface area contributed by atoms with Crippen molar-refractivity contribution in [1.82, 2.24) is 9.47 Å². The molecule has 1 aromatic heterocycles. The van der Waals surface area contributed by atoms with E-state index in [9.17, 15) is 9.59 Å². The van der Waals surface area contributed by atoms with Crippen molar-refractivity contribution in [3.8, 4) is 0 Å². The zero-order valence-electron chi connectivity index (χ0n) is 10.6. The van der Waals surface area contributed by atoms with Crippen LogP contribution in [0.5, 0.6) is 0 Å². The fourth-order valence-electron chi connectivity index (χ4n) is 1.98. The summed E-state index contributed by atoms with van der Waals surface area (Å²) in [5.74, 6) is 0.100. The van der Waals surface area contributed by atoms with Crippen LogP contribution in [0.2, 0.25) is 0 Å². The van der Waals surface area contributed by atoms with E-state index in [-0.39, 0.29) is 5.91 Å². The molecule has 2 rings (SSSR count). The normalized spacial score (nSPS) is 10.6. The van der Waals surface area contributed by atoms with Gasteiger partial charge >= 0.3 is 0 Å². The Labute approximate surface area is 106 Å². The topological polar surface area (TPSA) is 42.3 Å². The van der Waals surface area contributed by atoms with Gasteiger partial charge in [0.25, 0.3) is 0 Å². The maximum Gasteiger partial charge on any atom is 0.223 e. The number of fused-ring (bicyclic) bond motifs is 1. The van der Waals surface area contributed by atoms with Crippen molar-refractivity contribution in [2.75, 3.05) is 14.1 Å². The number of rotatable bonds is 4. The van der Waals surface area contributed by atoms with Gasteiger partial charge in [-0.15, -0.1) is 0 Å². The van der Waals surface area contributed by atoms with Crippen LogP contribution < -0.4 is 0 Å². The van der Waals surface area contributed by atoms with E-state index < -0.39 is 0 Å². The van der Waals surface area contributed by atoms with Crippen LogP contribution in [0.3, 0.4) is 0 Å². The molecule has 0 fully saturated rings. The van der Waals surface area contributed by atoms with E-state index in [1.807, 2.05) is 29.0 Å². The summed E-state index contributed by atoms with van der Waals surface area (Å²) >= 11 is 0.